The normalized spacial score (nSPS) is 12.7. The molecule has 0 saturated carbocycles. The molecule has 4 rings (SSSR count). The first kappa shape index (κ1) is 21.3. The number of hydrogen-bond acceptors (Lipinski definition) is 5. The van der Waals surface area contributed by atoms with Crippen molar-refractivity contribution in [1.29, 1.82) is 0 Å². The largest absolute Gasteiger partial charge is 0.497 e. The van der Waals surface area contributed by atoms with Crippen LogP contribution in [0.1, 0.15) is 24.1 Å². The van der Waals surface area contributed by atoms with Crippen molar-refractivity contribution in [2.75, 3.05) is 7.11 Å². The topological polar surface area (TPSA) is 77.4 Å². The SMILES string of the molecule is COc1ccc([C@@H](C)NS(=O)(=O)c2ccc3c(c2)sc(=O)n3Cc2ccccc2)cc1. The first-order valence-corrected chi connectivity index (χ1v) is 12.0. The average molecular weight is 455 g/mol. The van der Waals surface area contributed by atoms with E-state index in [1.807, 2.05) is 42.5 Å². The lowest BCUT2D eigenvalue weighted by molar-refractivity contribution is 0.414. The summed E-state index contributed by atoms with van der Waals surface area (Å²) in [7, 11) is -2.18. The van der Waals surface area contributed by atoms with Gasteiger partial charge in [0.25, 0.3) is 0 Å². The molecule has 0 radical (unpaired) electrons. The maximum absolute atomic E-state index is 12.9. The van der Waals surface area contributed by atoms with Gasteiger partial charge in [-0.1, -0.05) is 53.8 Å². The first-order chi connectivity index (χ1) is 14.9. The highest BCUT2D eigenvalue weighted by atomic mass is 32.2. The van der Waals surface area contributed by atoms with Crippen LogP contribution in [0.5, 0.6) is 5.75 Å². The Labute approximate surface area is 184 Å². The van der Waals surface area contributed by atoms with Crippen molar-refractivity contribution in [2.45, 2.75) is 24.4 Å². The van der Waals surface area contributed by atoms with Crippen LogP contribution in [0.25, 0.3) is 10.2 Å². The summed E-state index contributed by atoms with van der Waals surface area (Å²) >= 11 is 1.05. The third-order valence-corrected chi connectivity index (χ3v) is 7.56. The molecule has 3 aromatic carbocycles. The Balaban J connectivity index is 1.60. The number of nitrogens with one attached hydrogen (secondary N) is 1. The number of nitrogens with zero attached hydrogens (tertiary/aromatic N) is 1. The number of sulfonamides is 1. The van der Waals surface area contributed by atoms with Gasteiger partial charge in [-0.2, -0.15) is 0 Å². The van der Waals surface area contributed by atoms with Gasteiger partial charge < -0.3 is 4.74 Å². The molecule has 1 N–H and O–H groups in total. The fraction of sp³-hybridized carbons (Fsp3) is 0.174. The molecule has 0 spiro atoms. The molecule has 4 aromatic rings. The van der Waals surface area contributed by atoms with Crippen LogP contribution in [-0.2, 0) is 16.6 Å². The maximum atomic E-state index is 12.9. The van der Waals surface area contributed by atoms with Gasteiger partial charge in [-0.15, -0.1) is 0 Å². The van der Waals surface area contributed by atoms with Gasteiger partial charge in [0, 0.05) is 6.04 Å². The van der Waals surface area contributed by atoms with E-state index in [2.05, 4.69) is 4.72 Å². The molecule has 31 heavy (non-hydrogen) atoms. The summed E-state index contributed by atoms with van der Waals surface area (Å²) in [4.78, 5) is 12.5. The van der Waals surface area contributed by atoms with E-state index in [4.69, 9.17) is 4.74 Å². The van der Waals surface area contributed by atoms with Crippen molar-refractivity contribution < 1.29 is 13.2 Å². The van der Waals surface area contributed by atoms with Gasteiger partial charge in [0.2, 0.25) is 10.0 Å². The van der Waals surface area contributed by atoms with E-state index in [0.717, 1.165) is 28.0 Å². The number of ether oxygens (including phenoxy) is 1. The molecular formula is C23H22N2O4S2. The number of methoxy groups -OCH3 is 1. The Hall–Kier alpha value is -2.94. The van der Waals surface area contributed by atoms with Crippen molar-refractivity contribution in [3.8, 4) is 5.75 Å². The standard InChI is InChI=1S/C23H22N2O4S2/c1-16(18-8-10-19(29-2)11-9-18)24-31(27,28)20-12-13-21-22(14-20)30-23(26)25(21)15-17-6-4-3-5-7-17/h3-14,16,24H,15H2,1-2H3/t16-/m1/s1. The zero-order chi connectivity index (χ0) is 22.0. The molecule has 0 bridgehead atoms. The fourth-order valence-corrected chi connectivity index (χ4v) is 5.65. The highest BCUT2D eigenvalue weighted by Gasteiger charge is 2.20. The van der Waals surface area contributed by atoms with E-state index >= 15 is 0 Å². The second-order valence-corrected chi connectivity index (χ2v) is 9.89. The number of aromatic nitrogens is 1. The third-order valence-electron chi connectivity index (χ3n) is 5.08. The molecule has 160 valence electrons. The molecule has 0 aliphatic carbocycles. The Morgan fingerprint density at radius 1 is 1.03 bits per heavy atom. The number of benzene rings is 3. The number of rotatable bonds is 7. The van der Waals surface area contributed by atoms with Gasteiger partial charge in [-0.05, 0) is 48.4 Å². The summed E-state index contributed by atoms with van der Waals surface area (Å²) in [5, 5.41) is 0. The lowest BCUT2D eigenvalue weighted by Crippen LogP contribution is -2.26. The molecule has 1 atom stereocenters. The van der Waals surface area contributed by atoms with Crippen LogP contribution >= 0.6 is 11.3 Å². The molecule has 1 aromatic heterocycles. The second-order valence-electron chi connectivity index (χ2n) is 7.19. The van der Waals surface area contributed by atoms with Crippen LogP contribution in [-0.4, -0.2) is 20.1 Å². The molecule has 0 unspecified atom stereocenters. The van der Waals surface area contributed by atoms with E-state index in [0.29, 0.717) is 17.0 Å². The van der Waals surface area contributed by atoms with Crippen molar-refractivity contribution >= 4 is 31.6 Å². The molecule has 0 fully saturated rings. The van der Waals surface area contributed by atoms with Crippen LogP contribution in [0, 0.1) is 0 Å². The van der Waals surface area contributed by atoms with Gasteiger partial charge in [0.05, 0.1) is 28.8 Å². The predicted octanol–water partition coefficient (Wildman–Crippen LogP) is 4.16. The summed E-state index contributed by atoms with van der Waals surface area (Å²) in [6.07, 6.45) is 0. The van der Waals surface area contributed by atoms with Crippen molar-refractivity contribution in [2.24, 2.45) is 0 Å². The molecule has 0 amide bonds. The van der Waals surface area contributed by atoms with Gasteiger partial charge in [-0.25, -0.2) is 13.1 Å². The summed E-state index contributed by atoms with van der Waals surface area (Å²) in [5.74, 6) is 0.708. The zero-order valence-corrected chi connectivity index (χ0v) is 18.7. The smallest absolute Gasteiger partial charge is 0.308 e. The average Bonchev–Trinajstić information content (AvgIpc) is 3.08. The quantitative estimate of drug-likeness (QED) is 0.455. The zero-order valence-electron chi connectivity index (χ0n) is 17.1. The molecule has 8 heteroatoms. The Morgan fingerprint density at radius 3 is 2.42 bits per heavy atom. The van der Waals surface area contributed by atoms with E-state index < -0.39 is 16.1 Å². The molecule has 0 aliphatic heterocycles. The summed E-state index contributed by atoms with van der Waals surface area (Å²) in [6, 6.07) is 21.3. The lowest BCUT2D eigenvalue weighted by Gasteiger charge is -2.15. The van der Waals surface area contributed by atoms with Gasteiger partial charge in [0.1, 0.15) is 5.75 Å². The highest BCUT2D eigenvalue weighted by molar-refractivity contribution is 7.89. The van der Waals surface area contributed by atoms with Crippen LogP contribution in [0.2, 0.25) is 0 Å². The molecule has 0 saturated heterocycles. The number of thiazole rings is 1. The first-order valence-electron chi connectivity index (χ1n) is 9.71. The van der Waals surface area contributed by atoms with Crippen molar-refractivity contribution in [1.82, 2.24) is 9.29 Å². The molecule has 6 nitrogen and oxygen atoms in total. The van der Waals surface area contributed by atoms with Crippen molar-refractivity contribution in [3.05, 3.63) is 93.6 Å². The molecule has 1 heterocycles. The minimum absolute atomic E-state index is 0.118. The lowest BCUT2D eigenvalue weighted by atomic mass is 10.1. The summed E-state index contributed by atoms with van der Waals surface area (Å²) < 4.78 is 36.1. The van der Waals surface area contributed by atoms with Crippen LogP contribution < -0.4 is 14.3 Å². The predicted molar refractivity (Wildman–Crippen MR) is 123 cm³/mol. The Bertz CT molecular complexity index is 1360. The second kappa shape index (κ2) is 8.66. The summed E-state index contributed by atoms with van der Waals surface area (Å²) in [5.41, 5.74) is 2.56. The maximum Gasteiger partial charge on any atom is 0.308 e. The fourth-order valence-electron chi connectivity index (χ4n) is 3.39. The van der Waals surface area contributed by atoms with E-state index in [1.54, 1.807) is 48.9 Å². The van der Waals surface area contributed by atoms with E-state index in [9.17, 15) is 13.2 Å². The Morgan fingerprint density at radius 2 is 1.74 bits per heavy atom. The third kappa shape index (κ3) is 4.56. The van der Waals surface area contributed by atoms with E-state index in [-0.39, 0.29) is 9.77 Å². The summed E-state index contributed by atoms with van der Waals surface area (Å²) in [6.45, 7) is 2.23. The number of hydrogen-bond donors (Lipinski definition) is 1. The van der Waals surface area contributed by atoms with Gasteiger partial charge in [-0.3, -0.25) is 9.36 Å². The minimum Gasteiger partial charge on any atom is -0.497 e. The van der Waals surface area contributed by atoms with Crippen LogP contribution in [0.3, 0.4) is 0 Å². The highest BCUT2D eigenvalue weighted by Crippen LogP contribution is 2.24. The van der Waals surface area contributed by atoms with Gasteiger partial charge >= 0.3 is 4.87 Å². The van der Waals surface area contributed by atoms with E-state index in [1.165, 1.54) is 0 Å². The van der Waals surface area contributed by atoms with Crippen LogP contribution in [0.15, 0.2) is 82.5 Å². The van der Waals surface area contributed by atoms with Crippen molar-refractivity contribution in [3.63, 3.8) is 0 Å². The van der Waals surface area contributed by atoms with Gasteiger partial charge in [0.15, 0.2) is 0 Å². The molecular weight excluding hydrogens is 432 g/mol. The van der Waals surface area contributed by atoms with Crippen LogP contribution in [0.4, 0.5) is 0 Å². The monoisotopic (exact) mass is 454 g/mol. The number of fused-ring (bicyclic) bond motifs is 1. The minimum atomic E-state index is -3.76. The molecule has 0 aliphatic rings. The Kier molecular flexibility index (Phi) is 5.95.